The van der Waals surface area contributed by atoms with Crippen LogP contribution in [-0.2, 0) is 0 Å². The first-order valence-electron chi connectivity index (χ1n) is 5.43. The summed E-state index contributed by atoms with van der Waals surface area (Å²) in [5.74, 6) is 1.10. The molecule has 2 heterocycles. The highest BCUT2D eigenvalue weighted by Gasteiger charge is 2.37. The monoisotopic (exact) mass is 242 g/mol. The van der Waals surface area contributed by atoms with Crippen molar-refractivity contribution in [3.63, 3.8) is 0 Å². The van der Waals surface area contributed by atoms with E-state index in [1.165, 1.54) is 0 Å². The van der Waals surface area contributed by atoms with Gasteiger partial charge in [-0.25, -0.2) is 0 Å². The number of fused-ring (bicyclic) bond motifs is 1. The molecule has 3 aliphatic rings. The van der Waals surface area contributed by atoms with Crippen molar-refractivity contribution in [1.29, 1.82) is 0 Å². The maximum Gasteiger partial charge on any atom is 0.123 e. The Morgan fingerprint density at radius 3 is 3.00 bits per heavy atom. The fourth-order valence-corrected chi connectivity index (χ4v) is 4.64. The van der Waals surface area contributed by atoms with Gasteiger partial charge in [-0.05, 0) is 19.3 Å². The largest absolute Gasteiger partial charge is 0.393 e. The molecule has 1 N–H and O–H groups in total. The summed E-state index contributed by atoms with van der Waals surface area (Å²) < 4.78 is 0. The molecule has 0 amide bonds. The van der Waals surface area contributed by atoms with Gasteiger partial charge in [-0.15, -0.1) is 11.8 Å². The van der Waals surface area contributed by atoms with E-state index < -0.39 is 0 Å². The van der Waals surface area contributed by atoms with Gasteiger partial charge in [-0.2, -0.15) is 0 Å². The molecule has 1 saturated carbocycles. The molecule has 0 saturated heterocycles. The number of hydrogen-bond donors (Lipinski definition) is 1. The van der Waals surface area contributed by atoms with Gasteiger partial charge in [0, 0.05) is 17.5 Å². The number of aliphatic imine (C=N–C) groups is 2. The molecule has 5 heteroatoms. The van der Waals surface area contributed by atoms with Crippen molar-refractivity contribution in [2.24, 2.45) is 9.98 Å². The number of hydrogen-bond acceptors (Lipinski definition) is 5. The molecule has 82 valence electrons. The van der Waals surface area contributed by atoms with E-state index in [9.17, 15) is 5.11 Å². The van der Waals surface area contributed by atoms with Crippen LogP contribution >= 0.6 is 23.5 Å². The summed E-state index contributed by atoms with van der Waals surface area (Å²) in [6.45, 7) is 0.942. The van der Waals surface area contributed by atoms with Crippen molar-refractivity contribution in [3.8, 4) is 0 Å². The number of rotatable bonds is 1. The molecule has 1 aliphatic carbocycles. The summed E-state index contributed by atoms with van der Waals surface area (Å²) in [4.78, 5) is 9.20. The summed E-state index contributed by atoms with van der Waals surface area (Å²) in [7, 11) is 0. The van der Waals surface area contributed by atoms with Crippen LogP contribution in [0.4, 0.5) is 0 Å². The lowest BCUT2D eigenvalue weighted by Gasteiger charge is -2.26. The average Bonchev–Trinajstić information content (AvgIpc) is 2.84. The maximum atomic E-state index is 9.61. The zero-order chi connectivity index (χ0) is 10.3. The van der Waals surface area contributed by atoms with Crippen molar-refractivity contribution in [1.82, 2.24) is 0 Å². The van der Waals surface area contributed by atoms with Crippen LogP contribution in [0.3, 0.4) is 0 Å². The standard InChI is InChI=1S/C10H14N2OS2/c13-6-1-2-7-8(5-6)15-10(12-7)9-11-3-4-14-9/h6-8,13H,1-5H2. The molecular weight excluding hydrogens is 228 g/mol. The molecule has 3 rings (SSSR count). The van der Waals surface area contributed by atoms with Crippen LogP contribution in [0.15, 0.2) is 9.98 Å². The zero-order valence-corrected chi connectivity index (χ0v) is 10.1. The lowest BCUT2D eigenvalue weighted by molar-refractivity contribution is 0.127. The van der Waals surface area contributed by atoms with Gasteiger partial charge in [-0.1, -0.05) is 11.8 Å². The van der Waals surface area contributed by atoms with Gasteiger partial charge >= 0.3 is 0 Å². The summed E-state index contributed by atoms with van der Waals surface area (Å²) in [6.07, 6.45) is 2.75. The predicted octanol–water partition coefficient (Wildman–Crippen LogP) is 1.56. The van der Waals surface area contributed by atoms with Crippen molar-refractivity contribution < 1.29 is 5.11 Å². The van der Waals surface area contributed by atoms with Crippen LogP contribution in [0, 0.1) is 0 Å². The van der Waals surface area contributed by atoms with Gasteiger partial charge in [0.05, 0.1) is 12.1 Å². The summed E-state index contributed by atoms with van der Waals surface area (Å²) >= 11 is 3.66. The number of thioether (sulfide) groups is 2. The third-order valence-corrected chi connectivity index (χ3v) is 5.49. The summed E-state index contributed by atoms with van der Waals surface area (Å²) in [5.41, 5.74) is 0. The molecule has 1 fully saturated rings. The first-order chi connectivity index (χ1) is 7.33. The Balaban J connectivity index is 1.73. The molecule has 3 unspecified atom stereocenters. The first-order valence-corrected chi connectivity index (χ1v) is 7.29. The molecule has 0 spiro atoms. The van der Waals surface area contributed by atoms with E-state index in [2.05, 4.69) is 4.99 Å². The Kier molecular flexibility index (Phi) is 2.79. The molecule has 15 heavy (non-hydrogen) atoms. The number of nitrogens with zero attached hydrogens (tertiary/aromatic N) is 2. The minimum absolute atomic E-state index is 0.105. The lowest BCUT2D eigenvalue weighted by atomic mass is 9.93. The second kappa shape index (κ2) is 4.11. The van der Waals surface area contributed by atoms with Crippen LogP contribution in [0.1, 0.15) is 19.3 Å². The van der Waals surface area contributed by atoms with E-state index in [0.29, 0.717) is 11.3 Å². The molecule has 2 aliphatic heterocycles. The highest BCUT2D eigenvalue weighted by atomic mass is 32.2. The third kappa shape index (κ3) is 1.97. The molecule has 3 nitrogen and oxygen atoms in total. The van der Waals surface area contributed by atoms with E-state index in [4.69, 9.17) is 4.99 Å². The Morgan fingerprint density at radius 2 is 2.20 bits per heavy atom. The molecule has 0 aromatic heterocycles. The van der Waals surface area contributed by atoms with Crippen molar-refractivity contribution in [3.05, 3.63) is 0 Å². The molecule has 0 aromatic rings. The topological polar surface area (TPSA) is 45.0 Å². The van der Waals surface area contributed by atoms with E-state index in [-0.39, 0.29) is 6.10 Å². The Labute approximate surface area is 97.8 Å². The van der Waals surface area contributed by atoms with E-state index in [1.54, 1.807) is 0 Å². The lowest BCUT2D eigenvalue weighted by Crippen LogP contribution is -2.30. The fourth-order valence-electron chi connectivity index (χ4n) is 2.26. The normalized spacial score (nSPS) is 39.9. The van der Waals surface area contributed by atoms with Crippen molar-refractivity contribution in [2.45, 2.75) is 36.7 Å². The van der Waals surface area contributed by atoms with E-state index >= 15 is 0 Å². The third-order valence-electron chi connectivity index (χ3n) is 3.04. The van der Waals surface area contributed by atoms with Gasteiger partial charge < -0.3 is 5.11 Å². The quantitative estimate of drug-likeness (QED) is 0.759. The average molecular weight is 242 g/mol. The molecule has 0 radical (unpaired) electrons. The van der Waals surface area contributed by atoms with Gasteiger partial charge in [0.15, 0.2) is 0 Å². The van der Waals surface area contributed by atoms with E-state index in [0.717, 1.165) is 41.6 Å². The fraction of sp³-hybridized carbons (Fsp3) is 0.800. The Bertz CT molecular complexity index is 329. The van der Waals surface area contributed by atoms with Gasteiger partial charge in [0.25, 0.3) is 0 Å². The number of aliphatic hydroxyl groups excluding tert-OH is 1. The van der Waals surface area contributed by atoms with Gasteiger partial charge in [0.1, 0.15) is 10.1 Å². The summed E-state index contributed by atoms with van der Waals surface area (Å²) in [6, 6.07) is 0.442. The molecule has 0 aromatic carbocycles. The second-order valence-electron chi connectivity index (χ2n) is 4.16. The van der Waals surface area contributed by atoms with Crippen LogP contribution in [-0.4, -0.2) is 44.9 Å². The van der Waals surface area contributed by atoms with Crippen molar-refractivity contribution >= 4 is 33.6 Å². The Hall–Kier alpha value is 0. The molecule has 0 bridgehead atoms. The minimum Gasteiger partial charge on any atom is -0.393 e. The smallest absolute Gasteiger partial charge is 0.123 e. The maximum absolute atomic E-state index is 9.61. The van der Waals surface area contributed by atoms with Crippen LogP contribution in [0.25, 0.3) is 0 Å². The highest BCUT2D eigenvalue weighted by Crippen LogP contribution is 2.39. The van der Waals surface area contributed by atoms with Crippen molar-refractivity contribution in [2.75, 3.05) is 12.3 Å². The van der Waals surface area contributed by atoms with Gasteiger partial charge in [0.2, 0.25) is 0 Å². The SMILES string of the molecule is OC1CCC2N=C(C3=NCCS3)SC2C1. The van der Waals surface area contributed by atoms with Crippen LogP contribution < -0.4 is 0 Å². The minimum atomic E-state index is -0.105. The second-order valence-corrected chi connectivity index (χ2v) is 6.47. The number of aliphatic hydroxyl groups is 1. The predicted molar refractivity (Wildman–Crippen MR) is 67.2 cm³/mol. The zero-order valence-electron chi connectivity index (χ0n) is 8.43. The molecular formula is C10H14N2OS2. The Morgan fingerprint density at radius 1 is 1.27 bits per heavy atom. The van der Waals surface area contributed by atoms with Gasteiger partial charge in [-0.3, -0.25) is 9.98 Å². The molecule has 3 atom stereocenters. The van der Waals surface area contributed by atoms with Crippen LogP contribution in [0.2, 0.25) is 0 Å². The highest BCUT2D eigenvalue weighted by molar-refractivity contribution is 8.25. The first kappa shape index (κ1) is 10.2. The summed E-state index contributed by atoms with van der Waals surface area (Å²) in [5, 5.41) is 12.4. The van der Waals surface area contributed by atoms with E-state index in [1.807, 2.05) is 23.5 Å². The van der Waals surface area contributed by atoms with Crippen LogP contribution in [0.5, 0.6) is 0 Å².